The Labute approximate surface area is 167 Å². The lowest BCUT2D eigenvalue weighted by molar-refractivity contribution is -0.114. The van der Waals surface area contributed by atoms with Gasteiger partial charge in [0.2, 0.25) is 5.91 Å². The summed E-state index contributed by atoms with van der Waals surface area (Å²) in [6.45, 7) is 5.49. The van der Waals surface area contributed by atoms with Crippen molar-refractivity contribution < 1.29 is 17.9 Å². The number of amides is 1. The molecule has 148 valence electrons. The van der Waals surface area contributed by atoms with Crippen LogP contribution in [-0.2, 0) is 14.8 Å². The number of anilines is 2. The van der Waals surface area contributed by atoms with E-state index in [2.05, 4.69) is 15.0 Å². The van der Waals surface area contributed by atoms with Gasteiger partial charge in [-0.1, -0.05) is 37.3 Å². The Bertz CT molecular complexity index is 1120. The number of hydrogen-bond acceptors (Lipinski definition) is 6. The minimum Gasteiger partial charge on any atom is -0.494 e. The molecule has 0 unspecified atom stereocenters. The van der Waals surface area contributed by atoms with Crippen LogP contribution in [0.25, 0.3) is 10.2 Å². The lowest BCUT2D eigenvalue weighted by Gasteiger charge is -2.11. The quantitative estimate of drug-likeness (QED) is 0.624. The summed E-state index contributed by atoms with van der Waals surface area (Å²) in [5.74, 6) is 0.502. The van der Waals surface area contributed by atoms with Crippen LogP contribution < -0.4 is 14.8 Å². The molecule has 0 bridgehead atoms. The van der Waals surface area contributed by atoms with Crippen LogP contribution >= 0.6 is 11.3 Å². The number of fused-ring (bicyclic) bond motifs is 1. The van der Waals surface area contributed by atoms with E-state index in [-0.39, 0.29) is 10.8 Å². The number of rotatable bonds is 6. The molecule has 1 amide bonds. The highest BCUT2D eigenvalue weighted by molar-refractivity contribution is 7.92. The maximum absolute atomic E-state index is 12.7. The third-order valence-corrected chi connectivity index (χ3v) is 6.39. The van der Waals surface area contributed by atoms with Gasteiger partial charge in [0.05, 0.1) is 22.4 Å². The first-order valence-electron chi connectivity index (χ1n) is 8.58. The fraction of sp³-hybridized carbons (Fsp3) is 0.263. The lowest BCUT2D eigenvalue weighted by Crippen LogP contribution is -2.13. The van der Waals surface area contributed by atoms with Crippen LogP contribution in [0.3, 0.4) is 0 Å². The van der Waals surface area contributed by atoms with Crippen LogP contribution in [0.1, 0.15) is 32.3 Å². The largest absolute Gasteiger partial charge is 0.494 e. The van der Waals surface area contributed by atoms with Gasteiger partial charge < -0.3 is 10.1 Å². The second-order valence-corrected chi connectivity index (χ2v) is 9.27. The SMILES string of the molecule is COc1cc(NS(=O)(=O)c2ccc(C(C)C)cc2)cc2sc(NC(C)=O)nc12. The summed E-state index contributed by atoms with van der Waals surface area (Å²) < 4.78 is 34.1. The number of nitrogens with one attached hydrogen (secondary N) is 2. The number of carbonyl (C=O) groups excluding carboxylic acids is 1. The van der Waals surface area contributed by atoms with Crippen LogP contribution in [0.15, 0.2) is 41.3 Å². The molecule has 2 N–H and O–H groups in total. The fourth-order valence-electron chi connectivity index (χ4n) is 2.66. The summed E-state index contributed by atoms with van der Waals surface area (Å²) in [6, 6.07) is 10.0. The van der Waals surface area contributed by atoms with Crippen LogP contribution in [0, 0.1) is 0 Å². The number of nitrogens with zero attached hydrogens (tertiary/aromatic N) is 1. The van der Waals surface area contributed by atoms with Crippen molar-refractivity contribution in [3.63, 3.8) is 0 Å². The van der Waals surface area contributed by atoms with E-state index in [0.717, 1.165) is 5.56 Å². The molecule has 0 spiro atoms. The molecule has 9 heteroatoms. The van der Waals surface area contributed by atoms with Gasteiger partial charge in [0.25, 0.3) is 10.0 Å². The van der Waals surface area contributed by atoms with Gasteiger partial charge in [0, 0.05) is 13.0 Å². The first-order valence-corrected chi connectivity index (χ1v) is 10.9. The Morgan fingerprint density at radius 1 is 1.18 bits per heavy atom. The van der Waals surface area contributed by atoms with Crippen LogP contribution in [0.5, 0.6) is 5.75 Å². The number of ether oxygens (including phenoxy) is 1. The Balaban J connectivity index is 1.95. The fourth-order valence-corrected chi connectivity index (χ4v) is 4.67. The smallest absolute Gasteiger partial charge is 0.261 e. The van der Waals surface area contributed by atoms with Crippen molar-refractivity contribution in [2.24, 2.45) is 0 Å². The molecule has 7 nitrogen and oxygen atoms in total. The van der Waals surface area contributed by atoms with E-state index in [1.165, 1.54) is 25.4 Å². The van der Waals surface area contributed by atoms with Crippen molar-refractivity contribution in [1.29, 1.82) is 0 Å². The van der Waals surface area contributed by atoms with Gasteiger partial charge in [0.15, 0.2) is 5.13 Å². The number of benzene rings is 2. The zero-order valence-electron chi connectivity index (χ0n) is 15.9. The second-order valence-electron chi connectivity index (χ2n) is 6.55. The maximum atomic E-state index is 12.7. The molecule has 3 rings (SSSR count). The second kappa shape index (κ2) is 7.76. The van der Waals surface area contributed by atoms with Gasteiger partial charge in [-0.3, -0.25) is 9.52 Å². The monoisotopic (exact) mass is 419 g/mol. The zero-order chi connectivity index (χ0) is 20.5. The standard InChI is InChI=1S/C19H21N3O4S2/c1-11(2)13-5-7-15(8-6-13)28(24,25)22-14-9-16(26-4)18-17(10-14)27-19(21-18)20-12(3)23/h5-11,22H,1-4H3,(H,20,21,23). The van der Waals surface area contributed by atoms with Crippen molar-refractivity contribution in [1.82, 2.24) is 4.98 Å². The van der Waals surface area contributed by atoms with E-state index in [0.29, 0.717) is 32.7 Å². The molecule has 28 heavy (non-hydrogen) atoms. The molecule has 0 fully saturated rings. The lowest BCUT2D eigenvalue weighted by atomic mass is 10.0. The predicted octanol–water partition coefficient (Wildman–Crippen LogP) is 4.19. The van der Waals surface area contributed by atoms with Crippen molar-refractivity contribution in [2.75, 3.05) is 17.1 Å². The molecule has 0 radical (unpaired) electrons. The van der Waals surface area contributed by atoms with Crippen molar-refractivity contribution >= 4 is 48.3 Å². The van der Waals surface area contributed by atoms with Gasteiger partial charge in [-0.05, 0) is 29.7 Å². The molecule has 2 aromatic carbocycles. The van der Waals surface area contributed by atoms with Crippen molar-refractivity contribution in [3.8, 4) is 5.75 Å². The van der Waals surface area contributed by atoms with Crippen molar-refractivity contribution in [2.45, 2.75) is 31.6 Å². The summed E-state index contributed by atoms with van der Waals surface area (Å²) in [6.07, 6.45) is 0. The molecule has 0 atom stereocenters. The Morgan fingerprint density at radius 3 is 2.43 bits per heavy atom. The average molecular weight is 420 g/mol. The van der Waals surface area contributed by atoms with Crippen molar-refractivity contribution in [3.05, 3.63) is 42.0 Å². The minimum absolute atomic E-state index is 0.180. The van der Waals surface area contributed by atoms with Crippen LogP contribution in [-0.4, -0.2) is 26.4 Å². The summed E-state index contributed by atoms with van der Waals surface area (Å²) in [5.41, 5.74) is 1.98. The third-order valence-electron chi connectivity index (χ3n) is 4.07. The first-order chi connectivity index (χ1) is 13.2. The van der Waals surface area contributed by atoms with E-state index >= 15 is 0 Å². The zero-order valence-corrected chi connectivity index (χ0v) is 17.6. The highest BCUT2D eigenvalue weighted by Gasteiger charge is 2.18. The summed E-state index contributed by atoms with van der Waals surface area (Å²) in [7, 11) is -2.27. The molecule has 0 aliphatic heterocycles. The third kappa shape index (κ3) is 4.26. The van der Waals surface area contributed by atoms with Crippen LogP contribution in [0.4, 0.5) is 10.8 Å². The molecule has 3 aromatic rings. The topological polar surface area (TPSA) is 97.4 Å². The number of aromatic nitrogens is 1. The maximum Gasteiger partial charge on any atom is 0.261 e. The van der Waals surface area contributed by atoms with E-state index in [9.17, 15) is 13.2 Å². The van der Waals surface area contributed by atoms with Gasteiger partial charge in [-0.25, -0.2) is 13.4 Å². The molecular formula is C19H21N3O4S2. The molecular weight excluding hydrogens is 398 g/mol. The van der Waals surface area contributed by atoms with E-state index < -0.39 is 10.0 Å². The summed E-state index contributed by atoms with van der Waals surface area (Å²) >= 11 is 1.24. The molecule has 0 saturated heterocycles. The molecule has 1 aromatic heterocycles. The number of hydrogen-bond donors (Lipinski definition) is 2. The van der Waals surface area contributed by atoms with Gasteiger partial charge >= 0.3 is 0 Å². The number of carbonyl (C=O) groups is 1. The molecule has 0 saturated carbocycles. The summed E-state index contributed by atoms with van der Waals surface area (Å²) in [5, 5.41) is 3.05. The Morgan fingerprint density at radius 2 is 1.86 bits per heavy atom. The normalized spacial score (nSPS) is 11.6. The first kappa shape index (κ1) is 20.1. The highest BCUT2D eigenvalue weighted by atomic mass is 32.2. The van der Waals surface area contributed by atoms with Gasteiger partial charge in [-0.2, -0.15) is 0 Å². The summed E-state index contributed by atoms with van der Waals surface area (Å²) in [4.78, 5) is 15.8. The minimum atomic E-state index is -3.75. The van der Waals surface area contributed by atoms with Gasteiger partial charge in [-0.15, -0.1) is 0 Å². The predicted molar refractivity (Wildman–Crippen MR) is 112 cm³/mol. The Hall–Kier alpha value is -2.65. The molecule has 1 heterocycles. The number of methoxy groups -OCH3 is 1. The molecule has 0 aliphatic rings. The average Bonchev–Trinajstić information content (AvgIpc) is 3.02. The number of sulfonamides is 1. The number of thiazole rings is 1. The van der Waals surface area contributed by atoms with E-state index in [1.54, 1.807) is 24.3 Å². The Kier molecular flexibility index (Phi) is 5.57. The van der Waals surface area contributed by atoms with E-state index in [1.807, 2.05) is 26.0 Å². The van der Waals surface area contributed by atoms with Crippen LogP contribution in [0.2, 0.25) is 0 Å². The van der Waals surface area contributed by atoms with Gasteiger partial charge in [0.1, 0.15) is 11.3 Å². The van der Waals surface area contributed by atoms with E-state index in [4.69, 9.17) is 4.74 Å². The molecule has 0 aliphatic carbocycles. The highest BCUT2D eigenvalue weighted by Crippen LogP contribution is 2.36.